The number of hydrogen-bond donors (Lipinski definition) is 1. The van der Waals surface area contributed by atoms with Gasteiger partial charge in [-0.05, 0) is 64.3 Å². The smallest absolute Gasteiger partial charge is 0.271 e. The summed E-state index contributed by atoms with van der Waals surface area (Å²) < 4.78 is 12.1. The second-order valence-corrected chi connectivity index (χ2v) is 7.84. The summed E-state index contributed by atoms with van der Waals surface area (Å²) in [5.41, 5.74) is 3.55. The summed E-state index contributed by atoms with van der Waals surface area (Å²) in [6.45, 7) is 2.34. The lowest BCUT2D eigenvalue weighted by atomic mass is 10.2. The van der Waals surface area contributed by atoms with Gasteiger partial charge in [-0.25, -0.2) is 5.43 Å². The van der Waals surface area contributed by atoms with Crippen molar-refractivity contribution in [2.75, 3.05) is 6.61 Å². The third kappa shape index (κ3) is 6.84. The van der Waals surface area contributed by atoms with Gasteiger partial charge in [0.15, 0.2) is 11.5 Å². The maximum Gasteiger partial charge on any atom is 0.271 e. The molecule has 0 fully saturated rings. The van der Waals surface area contributed by atoms with Crippen LogP contribution in [-0.2, 0) is 6.61 Å². The number of nitro benzene ring substituents is 2. The Hall–Kier alpha value is -4.32. The molecule has 1 N–H and O–H groups in total. The summed E-state index contributed by atoms with van der Waals surface area (Å²) >= 11 is 3.44. The Bertz CT molecular complexity index is 1280. The Balaban J connectivity index is 1.71. The topological polar surface area (TPSA) is 146 Å². The number of halogens is 1. The van der Waals surface area contributed by atoms with Gasteiger partial charge in [0.2, 0.25) is 0 Å². The molecule has 35 heavy (non-hydrogen) atoms. The van der Waals surface area contributed by atoms with E-state index in [0.717, 1.165) is 11.6 Å². The highest BCUT2D eigenvalue weighted by Crippen LogP contribution is 2.37. The first-order chi connectivity index (χ1) is 16.8. The molecular weight excluding hydrogens is 524 g/mol. The van der Waals surface area contributed by atoms with Crippen molar-refractivity contribution in [3.8, 4) is 11.5 Å². The number of amides is 1. The predicted molar refractivity (Wildman–Crippen MR) is 131 cm³/mol. The zero-order valence-corrected chi connectivity index (χ0v) is 19.9. The number of hydrogen-bond acceptors (Lipinski definition) is 8. The first-order valence-corrected chi connectivity index (χ1v) is 11.0. The molecule has 0 spiro atoms. The Morgan fingerprint density at radius 1 is 1.03 bits per heavy atom. The van der Waals surface area contributed by atoms with E-state index in [4.69, 9.17) is 9.47 Å². The van der Waals surface area contributed by atoms with Crippen LogP contribution in [0, 0.1) is 20.2 Å². The van der Waals surface area contributed by atoms with Crippen LogP contribution in [0.3, 0.4) is 0 Å². The number of ether oxygens (including phenoxy) is 2. The highest BCUT2D eigenvalue weighted by Gasteiger charge is 2.14. The number of carbonyl (C=O) groups excluding carboxylic acids is 1. The van der Waals surface area contributed by atoms with E-state index >= 15 is 0 Å². The van der Waals surface area contributed by atoms with Crippen LogP contribution in [0.4, 0.5) is 11.4 Å². The van der Waals surface area contributed by atoms with Crippen molar-refractivity contribution < 1.29 is 24.1 Å². The summed E-state index contributed by atoms with van der Waals surface area (Å²) in [6.07, 6.45) is 1.39. The van der Waals surface area contributed by atoms with E-state index in [0.29, 0.717) is 28.1 Å². The zero-order chi connectivity index (χ0) is 25.4. The van der Waals surface area contributed by atoms with Crippen LogP contribution < -0.4 is 14.9 Å². The van der Waals surface area contributed by atoms with Crippen molar-refractivity contribution >= 4 is 39.4 Å². The second-order valence-electron chi connectivity index (χ2n) is 6.98. The summed E-state index contributed by atoms with van der Waals surface area (Å²) in [7, 11) is 0. The molecular formula is C23H19BrN4O7. The highest BCUT2D eigenvalue weighted by molar-refractivity contribution is 9.10. The summed E-state index contributed by atoms with van der Waals surface area (Å²) in [5, 5.41) is 25.6. The number of benzene rings is 3. The van der Waals surface area contributed by atoms with Crippen LogP contribution in [0.5, 0.6) is 11.5 Å². The molecule has 0 atom stereocenters. The van der Waals surface area contributed by atoms with Crippen LogP contribution in [0.1, 0.15) is 28.4 Å². The second kappa shape index (κ2) is 11.7. The van der Waals surface area contributed by atoms with Gasteiger partial charge in [-0.3, -0.25) is 25.0 Å². The molecule has 0 aliphatic heterocycles. The van der Waals surface area contributed by atoms with Crippen LogP contribution in [0.25, 0.3) is 0 Å². The van der Waals surface area contributed by atoms with Crippen LogP contribution in [-0.4, -0.2) is 28.6 Å². The average molecular weight is 543 g/mol. The molecule has 0 unspecified atom stereocenters. The minimum absolute atomic E-state index is 0.00819. The van der Waals surface area contributed by atoms with E-state index in [1.165, 1.54) is 36.5 Å². The number of carbonyl (C=O) groups is 1. The third-order valence-corrected chi connectivity index (χ3v) is 5.15. The largest absolute Gasteiger partial charge is 0.490 e. The molecule has 3 aromatic carbocycles. The van der Waals surface area contributed by atoms with Crippen molar-refractivity contribution in [1.29, 1.82) is 0 Å². The quantitative estimate of drug-likeness (QED) is 0.215. The lowest BCUT2D eigenvalue weighted by molar-refractivity contribution is -0.385. The van der Waals surface area contributed by atoms with Crippen molar-refractivity contribution in [1.82, 2.24) is 5.43 Å². The van der Waals surface area contributed by atoms with Crippen molar-refractivity contribution in [2.24, 2.45) is 5.10 Å². The Kier molecular flexibility index (Phi) is 8.46. The maximum atomic E-state index is 12.2. The van der Waals surface area contributed by atoms with Gasteiger partial charge in [0.1, 0.15) is 6.61 Å². The summed E-state index contributed by atoms with van der Waals surface area (Å²) in [6, 6.07) is 14.7. The fourth-order valence-electron chi connectivity index (χ4n) is 2.93. The van der Waals surface area contributed by atoms with E-state index in [1.54, 1.807) is 24.3 Å². The molecule has 0 heterocycles. The Labute approximate surface area is 207 Å². The molecule has 0 bridgehead atoms. The zero-order valence-electron chi connectivity index (χ0n) is 18.3. The van der Waals surface area contributed by atoms with E-state index < -0.39 is 15.8 Å². The van der Waals surface area contributed by atoms with Crippen LogP contribution >= 0.6 is 15.9 Å². The molecule has 180 valence electrons. The molecule has 1 amide bonds. The van der Waals surface area contributed by atoms with Gasteiger partial charge < -0.3 is 9.47 Å². The van der Waals surface area contributed by atoms with Crippen molar-refractivity contribution in [2.45, 2.75) is 13.5 Å². The molecule has 11 nitrogen and oxygen atoms in total. The minimum atomic E-state index is -0.600. The van der Waals surface area contributed by atoms with Gasteiger partial charge in [0.05, 0.1) is 27.1 Å². The third-order valence-electron chi connectivity index (χ3n) is 4.56. The fraction of sp³-hybridized carbons (Fsp3) is 0.130. The first kappa shape index (κ1) is 25.3. The number of nitro groups is 2. The van der Waals surface area contributed by atoms with E-state index in [9.17, 15) is 25.0 Å². The molecule has 3 rings (SSSR count). The van der Waals surface area contributed by atoms with Gasteiger partial charge in [-0.15, -0.1) is 0 Å². The van der Waals surface area contributed by atoms with Gasteiger partial charge >= 0.3 is 0 Å². The molecule has 0 saturated carbocycles. The van der Waals surface area contributed by atoms with Crippen LogP contribution in [0.2, 0.25) is 0 Å². The van der Waals surface area contributed by atoms with Crippen LogP contribution in [0.15, 0.2) is 70.2 Å². The molecule has 0 aromatic heterocycles. The normalized spacial score (nSPS) is 10.7. The molecule has 0 aliphatic rings. The molecule has 0 radical (unpaired) electrons. The molecule has 0 saturated heterocycles. The van der Waals surface area contributed by atoms with E-state index in [2.05, 4.69) is 26.5 Å². The Morgan fingerprint density at radius 2 is 1.74 bits per heavy atom. The number of nitrogens with zero attached hydrogens (tertiary/aromatic N) is 3. The predicted octanol–water partition coefficient (Wildman–Crippen LogP) is 5.01. The average Bonchev–Trinajstić information content (AvgIpc) is 2.84. The highest BCUT2D eigenvalue weighted by atomic mass is 79.9. The van der Waals surface area contributed by atoms with Crippen molar-refractivity contribution in [3.05, 3.63) is 102 Å². The fourth-order valence-corrected chi connectivity index (χ4v) is 3.50. The SMILES string of the molecule is CCOc1cc(/C=N\NC(=O)c2cccc([N+](=O)[O-])c2)cc(Br)c1OCc1ccc([N+](=O)[O-])cc1. The number of nitrogens with one attached hydrogen (secondary N) is 1. The van der Waals surface area contributed by atoms with Gasteiger partial charge in [-0.1, -0.05) is 6.07 Å². The van der Waals surface area contributed by atoms with E-state index in [1.807, 2.05) is 6.92 Å². The minimum Gasteiger partial charge on any atom is -0.490 e. The summed E-state index contributed by atoms with van der Waals surface area (Å²) in [4.78, 5) is 32.9. The molecule has 0 aliphatic carbocycles. The Morgan fingerprint density at radius 3 is 2.40 bits per heavy atom. The lowest BCUT2D eigenvalue weighted by Crippen LogP contribution is -2.17. The monoisotopic (exact) mass is 542 g/mol. The standard InChI is InChI=1S/C23H19BrN4O7/c1-2-34-21-11-16(13-25-26-23(29)17-4-3-5-19(12-17)28(32)33)10-20(24)22(21)35-14-15-6-8-18(9-7-15)27(30)31/h3-13H,2,14H2,1H3,(H,26,29)/b25-13-. The van der Waals surface area contributed by atoms with Crippen molar-refractivity contribution in [3.63, 3.8) is 0 Å². The van der Waals surface area contributed by atoms with E-state index in [-0.39, 0.29) is 23.5 Å². The molecule has 3 aromatic rings. The first-order valence-electron chi connectivity index (χ1n) is 10.2. The number of hydrazone groups is 1. The van der Waals surface area contributed by atoms with Gasteiger partial charge in [-0.2, -0.15) is 5.10 Å². The van der Waals surface area contributed by atoms with Gasteiger partial charge in [0, 0.05) is 29.8 Å². The summed E-state index contributed by atoms with van der Waals surface area (Å²) in [5.74, 6) is 0.260. The lowest BCUT2D eigenvalue weighted by Gasteiger charge is -2.14. The molecule has 12 heteroatoms. The maximum absolute atomic E-state index is 12.2. The number of rotatable bonds is 10. The van der Waals surface area contributed by atoms with Gasteiger partial charge in [0.25, 0.3) is 17.3 Å². The number of non-ortho nitro benzene ring substituents is 2.